The molecular weight excluding hydrogens is 250 g/mol. The summed E-state index contributed by atoms with van der Waals surface area (Å²) in [6.07, 6.45) is 5.50. The lowest BCUT2D eigenvalue weighted by Crippen LogP contribution is -2.45. The highest BCUT2D eigenvalue weighted by Crippen LogP contribution is 2.27. The number of amides is 1. The molecule has 2 N–H and O–H groups in total. The van der Waals surface area contributed by atoms with Crippen molar-refractivity contribution in [2.45, 2.75) is 44.6 Å². The van der Waals surface area contributed by atoms with Gasteiger partial charge in [-0.3, -0.25) is 9.59 Å². The summed E-state index contributed by atoms with van der Waals surface area (Å²) in [5.41, 5.74) is 0. The van der Waals surface area contributed by atoms with E-state index in [9.17, 15) is 14.7 Å². The summed E-state index contributed by atoms with van der Waals surface area (Å²) >= 11 is 1.81. The van der Waals surface area contributed by atoms with E-state index in [0.29, 0.717) is 6.42 Å². The maximum absolute atomic E-state index is 12.1. The van der Waals surface area contributed by atoms with E-state index in [4.69, 9.17) is 0 Å². The van der Waals surface area contributed by atoms with Gasteiger partial charge in [0.1, 0.15) is 0 Å². The van der Waals surface area contributed by atoms with Crippen LogP contribution in [0.2, 0.25) is 0 Å². The smallest absolute Gasteiger partial charge is 0.308 e. The second-order valence-electron chi connectivity index (χ2n) is 5.26. The Morgan fingerprint density at radius 2 is 1.89 bits per heavy atom. The van der Waals surface area contributed by atoms with Gasteiger partial charge in [-0.1, -0.05) is 19.3 Å². The first kappa shape index (κ1) is 13.7. The van der Waals surface area contributed by atoms with E-state index in [1.54, 1.807) is 11.8 Å². The minimum atomic E-state index is -0.761. The van der Waals surface area contributed by atoms with Crippen LogP contribution in [0.5, 0.6) is 0 Å². The van der Waals surface area contributed by atoms with Gasteiger partial charge < -0.3 is 10.4 Å². The highest BCUT2D eigenvalue weighted by atomic mass is 32.2. The van der Waals surface area contributed by atoms with Crippen LogP contribution in [0.4, 0.5) is 0 Å². The van der Waals surface area contributed by atoms with Crippen LogP contribution in [0.1, 0.15) is 38.5 Å². The van der Waals surface area contributed by atoms with Gasteiger partial charge in [-0.25, -0.2) is 0 Å². The third-order valence-corrected chi connectivity index (χ3v) is 5.12. The monoisotopic (exact) mass is 271 g/mol. The van der Waals surface area contributed by atoms with E-state index in [-0.39, 0.29) is 17.9 Å². The van der Waals surface area contributed by atoms with Gasteiger partial charge in [0.2, 0.25) is 5.91 Å². The number of aliphatic carboxylic acids is 1. The Bertz CT molecular complexity index is 315. The van der Waals surface area contributed by atoms with Crippen LogP contribution < -0.4 is 5.32 Å². The van der Waals surface area contributed by atoms with Crippen molar-refractivity contribution in [1.82, 2.24) is 5.32 Å². The standard InChI is InChI=1S/C13H21NO3S/c15-12(9-6-7-18-8-9)14-11-5-3-1-2-4-10(11)13(16)17/h9-11H,1-8H2,(H,14,15)(H,16,17). The first-order valence-corrected chi connectivity index (χ1v) is 7.95. The molecule has 1 amide bonds. The molecule has 1 aliphatic carbocycles. The van der Waals surface area contributed by atoms with E-state index in [1.807, 2.05) is 0 Å². The first-order chi connectivity index (χ1) is 8.68. The first-order valence-electron chi connectivity index (χ1n) is 6.79. The van der Waals surface area contributed by atoms with E-state index < -0.39 is 11.9 Å². The van der Waals surface area contributed by atoms with Gasteiger partial charge in [-0.2, -0.15) is 11.8 Å². The van der Waals surface area contributed by atoms with Crippen molar-refractivity contribution < 1.29 is 14.7 Å². The van der Waals surface area contributed by atoms with Crippen LogP contribution in [-0.2, 0) is 9.59 Å². The van der Waals surface area contributed by atoms with Crippen LogP contribution in [0.25, 0.3) is 0 Å². The molecule has 4 nitrogen and oxygen atoms in total. The Balaban J connectivity index is 1.95. The lowest BCUT2D eigenvalue weighted by Gasteiger charge is -2.24. The molecule has 0 aromatic rings. The third-order valence-electron chi connectivity index (χ3n) is 3.96. The summed E-state index contributed by atoms with van der Waals surface area (Å²) in [6.45, 7) is 0. The average Bonchev–Trinajstić information content (AvgIpc) is 2.77. The summed E-state index contributed by atoms with van der Waals surface area (Å²) in [4.78, 5) is 23.3. The normalized spacial score (nSPS) is 32.8. The molecule has 0 bridgehead atoms. The summed E-state index contributed by atoms with van der Waals surface area (Å²) in [7, 11) is 0. The van der Waals surface area contributed by atoms with Crippen molar-refractivity contribution >= 4 is 23.6 Å². The highest BCUT2D eigenvalue weighted by molar-refractivity contribution is 7.99. The highest BCUT2D eigenvalue weighted by Gasteiger charge is 2.32. The third kappa shape index (κ3) is 3.40. The van der Waals surface area contributed by atoms with Crippen molar-refractivity contribution in [3.05, 3.63) is 0 Å². The molecule has 0 spiro atoms. The summed E-state index contributed by atoms with van der Waals surface area (Å²) < 4.78 is 0. The Kier molecular flexibility index (Phi) is 4.92. The summed E-state index contributed by atoms with van der Waals surface area (Å²) in [6, 6.07) is -0.164. The Hall–Kier alpha value is -0.710. The zero-order valence-electron chi connectivity index (χ0n) is 10.6. The second-order valence-corrected chi connectivity index (χ2v) is 6.41. The van der Waals surface area contributed by atoms with E-state index in [1.165, 1.54) is 0 Å². The predicted octanol–water partition coefficient (Wildman–Crippen LogP) is 1.89. The minimum absolute atomic E-state index is 0.0677. The van der Waals surface area contributed by atoms with Crippen LogP contribution >= 0.6 is 11.8 Å². The molecule has 3 unspecified atom stereocenters. The molecule has 2 aliphatic rings. The molecular formula is C13H21NO3S. The molecule has 0 aromatic heterocycles. The molecule has 5 heteroatoms. The van der Waals surface area contributed by atoms with Crippen LogP contribution in [-0.4, -0.2) is 34.5 Å². The molecule has 3 atom stereocenters. The van der Waals surface area contributed by atoms with Crippen molar-refractivity contribution in [2.75, 3.05) is 11.5 Å². The molecule has 1 saturated heterocycles. The molecule has 102 valence electrons. The van der Waals surface area contributed by atoms with Crippen molar-refractivity contribution in [1.29, 1.82) is 0 Å². The number of carboxylic acid groups (broad SMARTS) is 1. The number of thioether (sulfide) groups is 1. The Labute approximate surface area is 112 Å². The van der Waals surface area contributed by atoms with Crippen LogP contribution in [0, 0.1) is 11.8 Å². The van der Waals surface area contributed by atoms with Gasteiger partial charge in [0.05, 0.1) is 5.92 Å². The largest absolute Gasteiger partial charge is 0.481 e. The van der Waals surface area contributed by atoms with Crippen LogP contribution in [0.3, 0.4) is 0 Å². The number of nitrogens with one attached hydrogen (secondary N) is 1. The van der Waals surface area contributed by atoms with E-state index >= 15 is 0 Å². The van der Waals surface area contributed by atoms with Gasteiger partial charge in [0.15, 0.2) is 0 Å². The van der Waals surface area contributed by atoms with E-state index in [0.717, 1.165) is 43.6 Å². The topological polar surface area (TPSA) is 66.4 Å². The Morgan fingerprint density at radius 1 is 1.11 bits per heavy atom. The van der Waals surface area contributed by atoms with Crippen molar-refractivity contribution in [3.8, 4) is 0 Å². The number of carbonyl (C=O) groups excluding carboxylic acids is 1. The summed E-state index contributed by atoms with van der Waals surface area (Å²) in [5, 5.41) is 12.3. The van der Waals surface area contributed by atoms with Crippen molar-refractivity contribution in [2.24, 2.45) is 11.8 Å². The van der Waals surface area contributed by atoms with Gasteiger partial charge in [0.25, 0.3) is 0 Å². The van der Waals surface area contributed by atoms with E-state index in [2.05, 4.69) is 5.32 Å². The molecule has 0 aromatic carbocycles. The van der Waals surface area contributed by atoms with Gasteiger partial charge in [-0.15, -0.1) is 0 Å². The SMILES string of the molecule is O=C(NC1CCCCCC1C(=O)O)C1CCSC1. The number of carboxylic acids is 1. The number of carbonyl (C=O) groups is 2. The number of rotatable bonds is 3. The van der Waals surface area contributed by atoms with Gasteiger partial charge in [-0.05, 0) is 25.0 Å². The average molecular weight is 271 g/mol. The maximum Gasteiger partial charge on any atom is 0.308 e. The number of hydrogen-bond donors (Lipinski definition) is 2. The van der Waals surface area contributed by atoms with Gasteiger partial charge >= 0.3 is 5.97 Å². The summed E-state index contributed by atoms with van der Waals surface area (Å²) in [5.74, 6) is 0.931. The lowest BCUT2D eigenvalue weighted by atomic mass is 9.94. The predicted molar refractivity (Wildman–Crippen MR) is 71.6 cm³/mol. The fourth-order valence-electron chi connectivity index (χ4n) is 2.82. The minimum Gasteiger partial charge on any atom is -0.481 e. The molecule has 0 radical (unpaired) electrons. The maximum atomic E-state index is 12.1. The zero-order chi connectivity index (χ0) is 13.0. The fraction of sp³-hybridized carbons (Fsp3) is 0.846. The van der Waals surface area contributed by atoms with Crippen molar-refractivity contribution in [3.63, 3.8) is 0 Å². The number of hydrogen-bond acceptors (Lipinski definition) is 3. The quantitative estimate of drug-likeness (QED) is 0.769. The lowest BCUT2D eigenvalue weighted by molar-refractivity contribution is -0.143. The molecule has 18 heavy (non-hydrogen) atoms. The Morgan fingerprint density at radius 3 is 2.56 bits per heavy atom. The molecule has 2 fully saturated rings. The van der Waals surface area contributed by atoms with Gasteiger partial charge in [0, 0.05) is 17.7 Å². The second kappa shape index (κ2) is 6.45. The molecule has 1 heterocycles. The fourth-order valence-corrected chi connectivity index (χ4v) is 4.04. The molecule has 2 rings (SSSR count). The zero-order valence-corrected chi connectivity index (χ0v) is 11.4. The molecule has 1 saturated carbocycles. The molecule has 1 aliphatic heterocycles. The van der Waals surface area contributed by atoms with Crippen LogP contribution in [0.15, 0.2) is 0 Å².